The summed E-state index contributed by atoms with van der Waals surface area (Å²) in [4.78, 5) is 0. The van der Waals surface area contributed by atoms with E-state index in [-0.39, 0.29) is 61.8 Å². The zero-order chi connectivity index (χ0) is 28.0. The quantitative estimate of drug-likeness (QED) is 0.331. The van der Waals surface area contributed by atoms with Crippen molar-refractivity contribution < 1.29 is 71.9 Å². The Morgan fingerprint density at radius 2 is 1.20 bits per heavy atom. The van der Waals surface area contributed by atoms with Crippen molar-refractivity contribution in [2.75, 3.05) is 0 Å². The molecule has 0 fully saturated rings. The Bertz CT molecular complexity index is 1200. The third-order valence-corrected chi connectivity index (χ3v) is 8.51. The van der Waals surface area contributed by atoms with Crippen molar-refractivity contribution in [3.8, 4) is 0 Å². The van der Waals surface area contributed by atoms with Gasteiger partial charge in [-0.15, -0.1) is 36.1 Å². The molecule has 2 aromatic carbocycles. The maximum absolute atomic E-state index is 4.93. The third-order valence-electron chi connectivity index (χ3n) is 8.51. The minimum atomic E-state index is -0.826. The van der Waals surface area contributed by atoms with Gasteiger partial charge in [0.2, 0.25) is 0 Å². The second-order valence-corrected chi connectivity index (χ2v) is 14.7. The molecular formula is C34H42Cl4Zr2-. The van der Waals surface area contributed by atoms with Crippen LogP contribution in [0.3, 0.4) is 0 Å². The van der Waals surface area contributed by atoms with Gasteiger partial charge in [-0.25, -0.2) is 12.2 Å². The van der Waals surface area contributed by atoms with E-state index < -0.39 is 20.8 Å². The van der Waals surface area contributed by atoms with Crippen LogP contribution in [-0.2, 0) is 47.1 Å². The van der Waals surface area contributed by atoms with Gasteiger partial charge in [-0.1, -0.05) is 44.9 Å². The van der Waals surface area contributed by atoms with Crippen LogP contribution in [0.1, 0.15) is 75.7 Å². The van der Waals surface area contributed by atoms with E-state index in [2.05, 4.69) is 124 Å². The fraction of sp³-hybridized carbons (Fsp3) is 0.382. The first-order chi connectivity index (χ1) is 17.3. The van der Waals surface area contributed by atoms with Crippen molar-refractivity contribution >= 4 is 27.8 Å². The molecule has 0 spiro atoms. The molecule has 3 aliphatic carbocycles. The Morgan fingerprint density at radius 1 is 0.750 bits per heavy atom. The molecule has 0 unspecified atom stereocenters. The number of rotatable bonds is 1. The van der Waals surface area contributed by atoms with E-state index in [0.717, 1.165) is 6.42 Å². The molecule has 40 heavy (non-hydrogen) atoms. The van der Waals surface area contributed by atoms with Crippen molar-refractivity contribution in [1.82, 2.24) is 0 Å². The normalized spacial score (nSPS) is 17.6. The Balaban J connectivity index is 0. The fourth-order valence-electron chi connectivity index (χ4n) is 5.60. The molecule has 0 heterocycles. The molecule has 215 valence electrons. The number of hydrogen-bond acceptors (Lipinski definition) is 0. The molecule has 0 amide bonds. The number of benzene rings is 1. The second kappa shape index (κ2) is 18.8. The monoisotopic (exact) mass is 770 g/mol. The minimum absolute atomic E-state index is 0. The molecule has 0 aromatic heterocycles. The molecule has 6 heteroatoms. The van der Waals surface area contributed by atoms with Gasteiger partial charge >= 0.3 is 64.1 Å². The van der Waals surface area contributed by atoms with Crippen molar-refractivity contribution in [3.05, 3.63) is 111 Å². The average molecular weight is 775 g/mol. The van der Waals surface area contributed by atoms with Crippen LogP contribution in [0.15, 0.2) is 105 Å². The van der Waals surface area contributed by atoms with E-state index >= 15 is 0 Å². The van der Waals surface area contributed by atoms with Crippen molar-refractivity contribution in [2.45, 2.75) is 75.7 Å². The van der Waals surface area contributed by atoms with Gasteiger partial charge in [-0.2, -0.15) is 23.6 Å². The second-order valence-electron chi connectivity index (χ2n) is 11.0. The Morgan fingerprint density at radius 3 is 1.50 bits per heavy atom. The minimum Gasteiger partial charge on any atom is -0.168 e. The predicted octanol–water partition coefficient (Wildman–Crippen LogP) is 5.62. The predicted molar refractivity (Wildman–Crippen MR) is 163 cm³/mol. The zero-order valence-electron chi connectivity index (χ0n) is 25.5. The fourth-order valence-corrected chi connectivity index (χ4v) is 5.60. The Kier molecular flexibility index (Phi) is 19.9. The topological polar surface area (TPSA) is 0 Å². The van der Waals surface area contributed by atoms with E-state index in [9.17, 15) is 0 Å². The first-order valence-electron chi connectivity index (χ1n) is 12.9. The summed E-state index contributed by atoms with van der Waals surface area (Å²) in [6.07, 6.45) is 10.0. The molecule has 0 aliphatic heterocycles. The molecule has 5 rings (SSSR count). The summed E-state index contributed by atoms with van der Waals surface area (Å²) in [6, 6.07) is 14.7. The summed E-state index contributed by atoms with van der Waals surface area (Å²) >= 11 is -0.826. The largest absolute Gasteiger partial charge is 3.00 e. The van der Waals surface area contributed by atoms with Crippen molar-refractivity contribution in [2.24, 2.45) is 10.8 Å². The summed E-state index contributed by atoms with van der Waals surface area (Å²) in [6.45, 7) is 23.3. The van der Waals surface area contributed by atoms with Gasteiger partial charge in [-0.3, -0.25) is 6.08 Å². The van der Waals surface area contributed by atoms with Crippen LogP contribution in [0.25, 0.3) is 10.8 Å². The van der Waals surface area contributed by atoms with Crippen LogP contribution in [0.5, 0.6) is 0 Å². The van der Waals surface area contributed by atoms with Gasteiger partial charge in [0, 0.05) is 10.8 Å². The molecule has 2 aromatic rings. The summed E-state index contributed by atoms with van der Waals surface area (Å²) < 4.78 is 0. The van der Waals surface area contributed by atoms with E-state index in [1.807, 2.05) is 12.2 Å². The van der Waals surface area contributed by atoms with E-state index in [1.165, 1.54) is 44.2 Å². The number of halogens is 4. The first kappa shape index (κ1) is 42.3. The summed E-state index contributed by atoms with van der Waals surface area (Å²) in [7, 11) is 9.87. The summed E-state index contributed by atoms with van der Waals surface area (Å²) in [5.41, 5.74) is 12.5. The number of hydrogen-bond donors (Lipinski definition) is 0. The Hall–Kier alpha value is 0.196. The van der Waals surface area contributed by atoms with Crippen molar-refractivity contribution in [1.29, 1.82) is 0 Å². The van der Waals surface area contributed by atoms with Gasteiger partial charge in [0.05, 0.1) is 0 Å². The molecule has 0 nitrogen and oxygen atoms in total. The zero-order valence-corrected chi connectivity index (χ0v) is 33.4. The number of fused-ring (bicyclic) bond motifs is 1. The molecule has 0 atom stereocenters. The molecule has 0 N–H and O–H groups in total. The van der Waals surface area contributed by atoms with Gasteiger partial charge in [0.1, 0.15) is 0 Å². The summed E-state index contributed by atoms with van der Waals surface area (Å²) in [5.74, 6) is 0. The SMILES string of the molecule is CC1=C(C)C(C)(C)C(C2=C(C)C(C)=C(C)C2(C)C)=C1C.[C-]1=CC=CC1.[Cl-].[Cl-].[Cl][Zr][Cl].[Zr+3].c1ccc2[cH-]ccc2c1. The number of allylic oxidation sites excluding steroid dienone is 12. The summed E-state index contributed by atoms with van der Waals surface area (Å²) in [5, 5.41) is 2.66. The Labute approximate surface area is 294 Å². The van der Waals surface area contributed by atoms with Crippen LogP contribution in [0.4, 0.5) is 0 Å². The van der Waals surface area contributed by atoms with Crippen LogP contribution in [-0.4, -0.2) is 0 Å². The van der Waals surface area contributed by atoms with Crippen LogP contribution < -0.4 is 24.8 Å². The molecule has 0 saturated carbocycles. The molecular weight excluding hydrogens is 733 g/mol. The maximum Gasteiger partial charge on any atom is 3.00 e. The van der Waals surface area contributed by atoms with Gasteiger partial charge in [0.15, 0.2) is 0 Å². The third kappa shape index (κ3) is 9.60. The molecule has 0 bridgehead atoms. The average Bonchev–Trinajstić information content (AvgIpc) is 3.64. The van der Waals surface area contributed by atoms with Crippen LogP contribution >= 0.6 is 17.0 Å². The first-order valence-corrected chi connectivity index (χ1v) is 19.2. The van der Waals surface area contributed by atoms with Crippen LogP contribution in [0.2, 0.25) is 0 Å². The van der Waals surface area contributed by atoms with E-state index in [4.69, 9.17) is 17.0 Å². The molecule has 0 saturated heterocycles. The maximum atomic E-state index is 4.93. The van der Waals surface area contributed by atoms with E-state index in [1.54, 1.807) is 11.1 Å². The van der Waals surface area contributed by atoms with Gasteiger partial charge < -0.3 is 24.8 Å². The smallest absolute Gasteiger partial charge is 0.168 e. The van der Waals surface area contributed by atoms with Gasteiger partial charge in [-0.05, 0) is 75.0 Å². The van der Waals surface area contributed by atoms with Crippen LogP contribution in [0, 0.1) is 16.9 Å². The van der Waals surface area contributed by atoms with Crippen molar-refractivity contribution in [3.63, 3.8) is 0 Å². The van der Waals surface area contributed by atoms with Gasteiger partial charge in [0.25, 0.3) is 0 Å². The molecule has 3 aliphatic rings. The standard InChI is InChI=1S/C20H30.C9H7.C5H5.4ClH.2Zr/c1-11-13(3)17(19(7,8)15(11)5)18-14(4)12(2)16(6)20(18,9)10;1-2-5-9-7-3-6-8(9)4-1;1-2-4-5-3-1;;;;;;/h1-10H3;1-7H;1-3H,4H2;4*1H;;/q;2*-1;;;;;+2;+3/p-4. The van der Waals surface area contributed by atoms with E-state index in [0.29, 0.717) is 0 Å². The molecule has 1 radical (unpaired) electrons.